The van der Waals surface area contributed by atoms with Crippen LogP contribution < -0.4 is 20.3 Å². The summed E-state index contributed by atoms with van der Waals surface area (Å²) in [5, 5.41) is 6.03. The molecule has 2 aliphatic rings. The number of hydrogen-bond acceptors (Lipinski definition) is 6. The Labute approximate surface area is 203 Å². The molecule has 2 fully saturated rings. The Morgan fingerprint density at radius 1 is 1.24 bits per heavy atom. The van der Waals surface area contributed by atoms with Crippen LogP contribution in [-0.2, 0) is 14.3 Å². The van der Waals surface area contributed by atoms with E-state index in [1.807, 2.05) is 19.9 Å². The molecule has 0 saturated carbocycles. The van der Waals surface area contributed by atoms with Crippen LogP contribution >= 0.6 is 0 Å². The maximum atomic E-state index is 13.3. The van der Waals surface area contributed by atoms with E-state index < -0.39 is 0 Å². The van der Waals surface area contributed by atoms with Crippen molar-refractivity contribution in [3.8, 4) is 5.75 Å². The van der Waals surface area contributed by atoms with Crippen LogP contribution in [0.3, 0.4) is 0 Å². The van der Waals surface area contributed by atoms with Crippen molar-refractivity contribution in [3.63, 3.8) is 0 Å². The van der Waals surface area contributed by atoms with Crippen LogP contribution in [0.5, 0.6) is 5.75 Å². The molecule has 0 aromatic heterocycles. The largest absolute Gasteiger partial charge is 0.491 e. The Balaban J connectivity index is 1.84. The van der Waals surface area contributed by atoms with Gasteiger partial charge in [0.2, 0.25) is 5.91 Å². The molecule has 2 N–H and O–H groups in total. The molecule has 2 heterocycles. The van der Waals surface area contributed by atoms with Crippen LogP contribution in [-0.4, -0.2) is 70.5 Å². The van der Waals surface area contributed by atoms with Gasteiger partial charge in [0.25, 0.3) is 5.91 Å². The molecule has 3 rings (SSSR count). The summed E-state index contributed by atoms with van der Waals surface area (Å²) in [5.74, 6) is 0.463. The lowest BCUT2D eigenvalue weighted by Crippen LogP contribution is -2.50. The summed E-state index contributed by atoms with van der Waals surface area (Å²) in [4.78, 5) is 28.2. The number of piperidine rings is 1. The molecule has 0 spiro atoms. The lowest BCUT2D eigenvalue weighted by atomic mass is 9.84. The summed E-state index contributed by atoms with van der Waals surface area (Å²) >= 11 is 0. The third kappa shape index (κ3) is 6.42. The SMILES string of the molecule is CCN(c1cc(OCCOC)cc(C(=O)NCC2C(=O)NC(C)CC2C)c1C)C1CCOCC1. The first-order valence-corrected chi connectivity index (χ1v) is 12.5. The first-order chi connectivity index (χ1) is 16.3. The highest BCUT2D eigenvalue weighted by atomic mass is 16.5. The van der Waals surface area contributed by atoms with Crippen LogP contribution in [0.25, 0.3) is 0 Å². The molecule has 190 valence electrons. The molecule has 2 saturated heterocycles. The molecule has 8 heteroatoms. The fourth-order valence-corrected chi connectivity index (χ4v) is 5.14. The topological polar surface area (TPSA) is 89.1 Å². The molecule has 2 amide bonds. The van der Waals surface area contributed by atoms with Gasteiger partial charge in [0, 0.05) is 62.8 Å². The van der Waals surface area contributed by atoms with Gasteiger partial charge in [-0.25, -0.2) is 0 Å². The van der Waals surface area contributed by atoms with Gasteiger partial charge in [-0.1, -0.05) is 6.92 Å². The molecule has 1 aromatic rings. The van der Waals surface area contributed by atoms with E-state index in [4.69, 9.17) is 14.2 Å². The second-order valence-electron chi connectivity index (χ2n) is 9.52. The fraction of sp³-hybridized carbons (Fsp3) is 0.692. The minimum absolute atomic E-state index is 0.0114. The molecule has 0 aliphatic carbocycles. The van der Waals surface area contributed by atoms with Gasteiger partial charge in [0.1, 0.15) is 12.4 Å². The van der Waals surface area contributed by atoms with Crippen molar-refractivity contribution in [2.24, 2.45) is 11.8 Å². The molecule has 0 radical (unpaired) electrons. The van der Waals surface area contributed by atoms with E-state index in [9.17, 15) is 9.59 Å². The van der Waals surface area contributed by atoms with Gasteiger partial charge in [0.05, 0.1) is 12.5 Å². The maximum absolute atomic E-state index is 13.3. The summed E-state index contributed by atoms with van der Waals surface area (Å²) in [6.07, 6.45) is 2.82. The van der Waals surface area contributed by atoms with Crippen LogP contribution in [0.15, 0.2) is 12.1 Å². The quantitative estimate of drug-likeness (QED) is 0.506. The normalized spacial score (nSPS) is 23.3. The minimum atomic E-state index is -0.226. The van der Waals surface area contributed by atoms with Crippen LogP contribution in [0, 0.1) is 18.8 Å². The van der Waals surface area contributed by atoms with E-state index in [0.717, 1.165) is 50.3 Å². The molecule has 3 unspecified atom stereocenters. The molecule has 34 heavy (non-hydrogen) atoms. The van der Waals surface area contributed by atoms with Gasteiger partial charge in [-0.2, -0.15) is 0 Å². The van der Waals surface area contributed by atoms with E-state index in [-0.39, 0.29) is 29.7 Å². The number of hydrogen-bond donors (Lipinski definition) is 2. The van der Waals surface area contributed by atoms with Crippen molar-refractivity contribution in [3.05, 3.63) is 23.3 Å². The number of carbonyl (C=O) groups excluding carboxylic acids is 2. The smallest absolute Gasteiger partial charge is 0.251 e. The summed E-state index contributed by atoms with van der Waals surface area (Å²) in [7, 11) is 1.63. The lowest BCUT2D eigenvalue weighted by Gasteiger charge is -2.37. The highest BCUT2D eigenvalue weighted by Gasteiger charge is 2.32. The second kappa shape index (κ2) is 12.4. The summed E-state index contributed by atoms with van der Waals surface area (Å²) in [6.45, 7) is 11.7. The average molecular weight is 476 g/mol. The van der Waals surface area contributed by atoms with Gasteiger partial charge >= 0.3 is 0 Å². The van der Waals surface area contributed by atoms with Crippen molar-refractivity contribution in [2.45, 2.75) is 59.0 Å². The first-order valence-electron chi connectivity index (χ1n) is 12.5. The molecular formula is C26H41N3O5. The molecule has 0 bridgehead atoms. The Morgan fingerprint density at radius 2 is 1.97 bits per heavy atom. The molecular weight excluding hydrogens is 434 g/mol. The zero-order valence-corrected chi connectivity index (χ0v) is 21.3. The minimum Gasteiger partial charge on any atom is -0.491 e. The first kappa shape index (κ1) is 26.3. The Bertz CT molecular complexity index is 840. The van der Waals surface area contributed by atoms with E-state index >= 15 is 0 Å². The second-order valence-corrected chi connectivity index (χ2v) is 9.52. The van der Waals surface area contributed by atoms with Gasteiger partial charge in [-0.15, -0.1) is 0 Å². The Morgan fingerprint density at radius 3 is 2.62 bits per heavy atom. The van der Waals surface area contributed by atoms with Crippen LogP contribution in [0.1, 0.15) is 56.0 Å². The number of methoxy groups -OCH3 is 1. The van der Waals surface area contributed by atoms with E-state index in [0.29, 0.717) is 37.1 Å². The third-order valence-corrected chi connectivity index (χ3v) is 7.06. The summed E-state index contributed by atoms with van der Waals surface area (Å²) in [6, 6.07) is 4.36. The van der Waals surface area contributed by atoms with Gasteiger partial charge in [-0.3, -0.25) is 9.59 Å². The summed E-state index contributed by atoms with van der Waals surface area (Å²) < 4.78 is 16.6. The van der Waals surface area contributed by atoms with Crippen molar-refractivity contribution < 1.29 is 23.8 Å². The lowest BCUT2D eigenvalue weighted by molar-refractivity contribution is -0.129. The van der Waals surface area contributed by atoms with E-state index in [1.54, 1.807) is 13.2 Å². The highest BCUT2D eigenvalue weighted by molar-refractivity contribution is 5.98. The average Bonchev–Trinajstić information content (AvgIpc) is 2.81. The number of anilines is 1. The van der Waals surface area contributed by atoms with Crippen LogP contribution in [0.4, 0.5) is 5.69 Å². The number of ether oxygens (including phenoxy) is 3. The van der Waals surface area contributed by atoms with Crippen molar-refractivity contribution >= 4 is 17.5 Å². The number of amides is 2. The van der Waals surface area contributed by atoms with Gasteiger partial charge < -0.3 is 29.7 Å². The van der Waals surface area contributed by atoms with E-state index in [1.165, 1.54) is 0 Å². The third-order valence-electron chi connectivity index (χ3n) is 7.06. The number of carbonyl (C=O) groups is 2. The monoisotopic (exact) mass is 475 g/mol. The Hall–Kier alpha value is -2.32. The number of benzene rings is 1. The predicted molar refractivity (Wildman–Crippen MR) is 133 cm³/mol. The van der Waals surface area contributed by atoms with Crippen molar-refractivity contribution in [2.75, 3.05) is 51.5 Å². The zero-order chi connectivity index (χ0) is 24.7. The van der Waals surface area contributed by atoms with Gasteiger partial charge in [0.15, 0.2) is 0 Å². The molecule has 8 nitrogen and oxygen atoms in total. The van der Waals surface area contributed by atoms with Crippen molar-refractivity contribution in [1.82, 2.24) is 10.6 Å². The molecule has 2 aliphatic heterocycles. The fourth-order valence-electron chi connectivity index (χ4n) is 5.14. The number of rotatable bonds is 10. The molecule has 1 aromatic carbocycles. The zero-order valence-electron chi connectivity index (χ0n) is 21.3. The number of nitrogens with zero attached hydrogens (tertiary/aromatic N) is 1. The standard InChI is InChI=1S/C26H41N3O5/c1-6-29(20-7-9-33-10-8-20)24-15-21(34-12-11-32-5)14-22(19(24)4)25(30)27-16-23-17(2)13-18(3)28-26(23)31/h14-15,17-18,20,23H,6-13,16H2,1-5H3,(H,27,30)(H,28,31). The van der Waals surface area contributed by atoms with E-state index in [2.05, 4.69) is 29.4 Å². The van der Waals surface area contributed by atoms with Crippen LogP contribution in [0.2, 0.25) is 0 Å². The highest BCUT2D eigenvalue weighted by Crippen LogP contribution is 2.33. The number of nitrogens with one attached hydrogen (secondary N) is 2. The van der Waals surface area contributed by atoms with Gasteiger partial charge in [-0.05, 0) is 57.6 Å². The van der Waals surface area contributed by atoms with Crippen molar-refractivity contribution in [1.29, 1.82) is 0 Å². The maximum Gasteiger partial charge on any atom is 0.251 e. The summed E-state index contributed by atoms with van der Waals surface area (Å²) in [5.41, 5.74) is 2.50. The molecule has 3 atom stereocenters. The predicted octanol–water partition coefficient (Wildman–Crippen LogP) is 2.92. The Kier molecular flexibility index (Phi) is 9.59.